The number of carbonyl (C=O) groups is 2. The number of nitrogens with zero attached hydrogens (tertiary/aromatic N) is 2. The lowest BCUT2D eigenvalue weighted by molar-refractivity contribution is -0.121. The Labute approximate surface area is 128 Å². The first-order valence-corrected chi connectivity index (χ1v) is 6.93. The van der Waals surface area contributed by atoms with Gasteiger partial charge in [0.25, 0.3) is 0 Å². The lowest BCUT2D eigenvalue weighted by Gasteiger charge is -2.14. The van der Waals surface area contributed by atoms with Gasteiger partial charge in [-0.2, -0.15) is 5.10 Å². The van der Waals surface area contributed by atoms with Gasteiger partial charge in [-0.25, -0.2) is 0 Å². The van der Waals surface area contributed by atoms with E-state index in [1.165, 1.54) is 10.9 Å². The zero-order valence-electron chi connectivity index (χ0n) is 12.3. The molecular weight excluding hydrogens is 282 g/mol. The summed E-state index contributed by atoms with van der Waals surface area (Å²) in [7, 11) is 1.56. The number of nitrogens with two attached hydrogens (primary N) is 1. The predicted molar refractivity (Wildman–Crippen MR) is 83.2 cm³/mol. The number of carbonyl (C=O) groups excluding carboxylic acids is 2. The van der Waals surface area contributed by atoms with Gasteiger partial charge < -0.3 is 16.4 Å². The lowest BCUT2D eigenvalue weighted by Crippen LogP contribution is -2.27. The van der Waals surface area contributed by atoms with Crippen LogP contribution in [0.4, 0.5) is 5.69 Å². The molecule has 0 fully saturated rings. The van der Waals surface area contributed by atoms with E-state index in [4.69, 9.17) is 5.73 Å². The molecule has 1 atom stereocenters. The van der Waals surface area contributed by atoms with Gasteiger partial charge in [-0.1, -0.05) is 30.3 Å². The summed E-state index contributed by atoms with van der Waals surface area (Å²) < 4.78 is 1.45. The second-order valence-electron chi connectivity index (χ2n) is 4.79. The Balaban J connectivity index is 2.03. The van der Waals surface area contributed by atoms with E-state index >= 15 is 0 Å². The van der Waals surface area contributed by atoms with Crippen molar-refractivity contribution in [3.05, 3.63) is 48.3 Å². The van der Waals surface area contributed by atoms with Crippen LogP contribution in [0.2, 0.25) is 0 Å². The Morgan fingerprint density at radius 2 is 2.05 bits per heavy atom. The van der Waals surface area contributed by atoms with E-state index in [-0.39, 0.29) is 24.9 Å². The molecule has 22 heavy (non-hydrogen) atoms. The number of hydrogen-bond donors (Lipinski definition) is 3. The number of nitrogens with one attached hydrogen (secondary N) is 2. The van der Waals surface area contributed by atoms with E-state index in [9.17, 15) is 9.59 Å². The number of anilines is 1. The van der Waals surface area contributed by atoms with Crippen molar-refractivity contribution < 1.29 is 9.59 Å². The Kier molecular flexibility index (Phi) is 5.26. The third kappa shape index (κ3) is 3.92. The Hall–Kier alpha value is -2.67. The van der Waals surface area contributed by atoms with Crippen molar-refractivity contribution in [3.8, 4) is 0 Å². The third-order valence-electron chi connectivity index (χ3n) is 3.24. The summed E-state index contributed by atoms with van der Waals surface area (Å²) in [4.78, 5) is 23.6. The highest BCUT2D eigenvalue weighted by molar-refractivity contribution is 5.95. The molecule has 0 aliphatic rings. The molecule has 2 aromatic rings. The molecule has 7 nitrogen and oxygen atoms in total. The van der Waals surface area contributed by atoms with Crippen molar-refractivity contribution in [2.45, 2.75) is 12.5 Å². The van der Waals surface area contributed by atoms with Crippen LogP contribution in [0.15, 0.2) is 42.7 Å². The number of amides is 2. The van der Waals surface area contributed by atoms with Gasteiger partial charge in [-0.15, -0.1) is 0 Å². The van der Waals surface area contributed by atoms with E-state index in [2.05, 4.69) is 15.7 Å². The minimum absolute atomic E-state index is 0.103. The van der Waals surface area contributed by atoms with Gasteiger partial charge >= 0.3 is 0 Å². The molecule has 4 N–H and O–H groups in total. The molecule has 0 aliphatic carbocycles. The van der Waals surface area contributed by atoms with Crippen LogP contribution in [-0.4, -0.2) is 35.2 Å². The van der Waals surface area contributed by atoms with E-state index in [1.807, 2.05) is 30.3 Å². The monoisotopic (exact) mass is 301 g/mol. The first-order valence-electron chi connectivity index (χ1n) is 6.93. The van der Waals surface area contributed by atoms with Crippen molar-refractivity contribution in [1.29, 1.82) is 0 Å². The van der Waals surface area contributed by atoms with Crippen molar-refractivity contribution in [3.63, 3.8) is 0 Å². The summed E-state index contributed by atoms with van der Waals surface area (Å²) in [6.07, 6.45) is 3.10. The molecule has 116 valence electrons. The van der Waals surface area contributed by atoms with Crippen LogP contribution in [0.5, 0.6) is 0 Å². The van der Waals surface area contributed by atoms with Crippen LogP contribution >= 0.6 is 0 Å². The second-order valence-corrected chi connectivity index (χ2v) is 4.79. The van der Waals surface area contributed by atoms with Crippen LogP contribution in [0.1, 0.15) is 11.5 Å². The number of rotatable bonds is 6. The average Bonchev–Trinajstić information content (AvgIpc) is 2.96. The van der Waals surface area contributed by atoms with Crippen LogP contribution in [0.3, 0.4) is 0 Å². The van der Waals surface area contributed by atoms with Crippen LogP contribution < -0.4 is 16.4 Å². The SMILES string of the molecule is CNC(=O)Cn1cc(NC(=O)C(CN)c2ccccc2)cn1. The van der Waals surface area contributed by atoms with Gasteiger partial charge in [0.15, 0.2) is 0 Å². The minimum Gasteiger partial charge on any atom is -0.358 e. The molecule has 0 bridgehead atoms. The molecule has 2 amide bonds. The summed E-state index contributed by atoms with van der Waals surface area (Å²) >= 11 is 0. The van der Waals surface area contributed by atoms with Crippen LogP contribution in [-0.2, 0) is 16.1 Å². The van der Waals surface area contributed by atoms with Crippen molar-refractivity contribution >= 4 is 17.5 Å². The molecule has 1 unspecified atom stereocenters. The molecule has 0 aliphatic heterocycles. The summed E-state index contributed by atoms with van der Waals surface area (Å²) in [5.41, 5.74) is 7.11. The first kappa shape index (κ1) is 15.7. The number of benzene rings is 1. The van der Waals surface area contributed by atoms with Crippen LogP contribution in [0.25, 0.3) is 0 Å². The molecule has 0 saturated carbocycles. The summed E-state index contributed by atoms with van der Waals surface area (Å²) in [6, 6.07) is 9.36. The molecule has 0 spiro atoms. The standard InChI is InChI=1S/C15H19N5O2/c1-17-14(21)10-20-9-12(8-18-20)19-15(22)13(7-16)11-5-3-2-4-6-11/h2-6,8-9,13H,7,10,16H2,1H3,(H,17,21)(H,19,22). The topological polar surface area (TPSA) is 102 Å². The average molecular weight is 301 g/mol. The molecule has 1 aromatic carbocycles. The molecule has 2 rings (SSSR count). The van der Waals surface area contributed by atoms with Crippen molar-refractivity contribution in [2.24, 2.45) is 5.73 Å². The molecule has 1 aromatic heterocycles. The van der Waals surface area contributed by atoms with E-state index in [0.29, 0.717) is 5.69 Å². The summed E-state index contributed by atoms with van der Waals surface area (Å²) in [6.45, 7) is 0.313. The third-order valence-corrected chi connectivity index (χ3v) is 3.24. The highest BCUT2D eigenvalue weighted by atomic mass is 16.2. The minimum atomic E-state index is -0.427. The first-order chi connectivity index (χ1) is 10.6. The van der Waals surface area contributed by atoms with Gasteiger partial charge in [0, 0.05) is 19.8 Å². The maximum absolute atomic E-state index is 12.3. The fraction of sp³-hybridized carbons (Fsp3) is 0.267. The molecular formula is C15H19N5O2. The summed E-state index contributed by atoms with van der Waals surface area (Å²) in [5.74, 6) is -0.790. The maximum atomic E-state index is 12.3. The maximum Gasteiger partial charge on any atom is 0.241 e. The molecule has 1 heterocycles. The number of aromatic nitrogens is 2. The highest BCUT2D eigenvalue weighted by Gasteiger charge is 2.19. The number of hydrogen-bond acceptors (Lipinski definition) is 4. The van der Waals surface area contributed by atoms with E-state index in [0.717, 1.165) is 5.56 Å². The Morgan fingerprint density at radius 1 is 1.32 bits per heavy atom. The van der Waals surface area contributed by atoms with Gasteiger partial charge in [-0.3, -0.25) is 14.3 Å². The number of likely N-dealkylation sites (N-methyl/N-ethyl adjacent to an activating group) is 1. The molecule has 0 saturated heterocycles. The fourth-order valence-electron chi connectivity index (χ4n) is 2.05. The summed E-state index contributed by atoms with van der Waals surface area (Å²) in [5, 5.41) is 9.30. The molecule has 0 radical (unpaired) electrons. The zero-order valence-corrected chi connectivity index (χ0v) is 12.3. The van der Waals surface area contributed by atoms with Gasteiger partial charge in [0.05, 0.1) is 17.8 Å². The van der Waals surface area contributed by atoms with Gasteiger partial charge in [0.2, 0.25) is 11.8 Å². The Bertz CT molecular complexity index is 638. The highest BCUT2D eigenvalue weighted by Crippen LogP contribution is 2.17. The largest absolute Gasteiger partial charge is 0.358 e. The van der Waals surface area contributed by atoms with Gasteiger partial charge in [0.1, 0.15) is 6.54 Å². The van der Waals surface area contributed by atoms with Crippen LogP contribution in [0, 0.1) is 0 Å². The predicted octanol–water partition coefficient (Wildman–Crippen LogP) is 0.310. The quantitative estimate of drug-likeness (QED) is 0.714. The van der Waals surface area contributed by atoms with E-state index < -0.39 is 5.92 Å². The lowest BCUT2D eigenvalue weighted by atomic mass is 9.98. The van der Waals surface area contributed by atoms with Gasteiger partial charge in [-0.05, 0) is 5.56 Å². The fourth-order valence-corrected chi connectivity index (χ4v) is 2.05. The van der Waals surface area contributed by atoms with Crippen molar-refractivity contribution in [1.82, 2.24) is 15.1 Å². The molecule has 7 heteroatoms. The van der Waals surface area contributed by atoms with E-state index in [1.54, 1.807) is 13.2 Å². The zero-order chi connectivity index (χ0) is 15.9. The smallest absolute Gasteiger partial charge is 0.241 e. The normalized spacial score (nSPS) is 11.7. The Morgan fingerprint density at radius 3 is 2.68 bits per heavy atom. The second kappa shape index (κ2) is 7.37. The van der Waals surface area contributed by atoms with Crippen molar-refractivity contribution in [2.75, 3.05) is 18.9 Å².